The monoisotopic (exact) mass is 342 g/mol. The normalized spacial score (nSPS) is 20.3. The van der Waals surface area contributed by atoms with Crippen molar-refractivity contribution in [3.05, 3.63) is 12.2 Å². The maximum atomic E-state index is 11.3. The summed E-state index contributed by atoms with van der Waals surface area (Å²) in [6, 6.07) is 0.739. The van der Waals surface area contributed by atoms with Crippen molar-refractivity contribution in [2.45, 2.75) is 51.5 Å². The average Bonchev–Trinajstić information content (AvgIpc) is 2.52. The van der Waals surface area contributed by atoms with E-state index in [1.54, 1.807) is 0 Å². The molecule has 138 valence electrons. The van der Waals surface area contributed by atoms with E-state index in [0.717, 1.165) is 12.5 Å². The average molecular weight is 342 g/mol. The van der Waals surface area contributed by atoms with Gasteiger partial charge in [0.25, 0.3) is 0 Å². The van der Waals surface area contributed by atoms with Crippen molar-refractivity contribution < 1.29 is 34.2 Å². The third-order valence-electron chi connectivity index (χ3n) is 4.03. The van der Waals surface area contributed by atoms with E-state index >= 15 is 0 Å². The number of carbonyl (C=O) groups is 3. The lowest BCUT2D eigenvalue weighted by Gasteiger charge is -2.33. The highest BCUT2D eigenvalue weighted by atomic mass is 16.5. The van der Waals surface area contributed by atoms with E-state index < -0.39 is 11.9 Å². The van der Waals surface area contributed by atoms with Gasteiger partial charge in [0.05, 0.1) is 38.7 Å². The van der Waals surface area contributed by atoms with Gasteiger partial charge in [-0.25, -0.2) is 0 Å². The Morgan fingerprint density at radius 1 is 1.08 bits per heavy atom. The van der Waals surface area contributed by atoms with Crippen molar-refractivity contribution in [3.8, 4) is 0 Å². The molecule has 0 aromatic rings. The van der Waals surface area contributed by atoms with E-state index in [9.17, 15) is 24.6 Å². The fraction of sp³-hybridized carbons (Fsp3) is 0.706. The third kappa shape index (κ3) is 10.8. The number of nitrogens with one attached hydrogen (secondary N) is 1. The maximum absolute atomic E-state index is 11.3. The van der Waals surface area contributed by atoms with E-state index in [2.05, 4.69) is 14.1 Å². The Morgan fingerprint density at radius 3 is 2.08 bits per heavy atom. The molecule has 1 rings (SSSR count). The van der Waals surface area contributed by atoms with Gasteiger partial charge in [-0.3, -0.25) is 4.79 Å². The summed E-state index contributed by atoms with van der Waals surface area (Å²) in [6.07, 6.45) is 7.66. The van der Waals surface area contributed by atoms with Crippen molar-refractivity contribution in [2.75, 3.05) is 20.7 Å². The van der Waals surface area contributed by atoms with Gasteiger partial charge in [0.1, 0.15) is 0 Å². The molecule has 2 unspecified atom stereocenters. The van der Waals surface area contributed by atoms with Crippen LogP contribution in [0, 0.1) is 5.92 Å². The lowest BCUT2D eigenvalue weighted by atomic mass is 9.81. The second-order valence-corrected chi connectivity index (χ2v) is 6.04. The number of ether oxygens (including phenoxy) is 1. The van der Waals surface area contributed by atoms with Gasteiger partial charge in [0, 0.05) is 12.3 Å². The molecule has 0 heterocycles. The van der Waals surface area contributed by atoms with Crippen LogP contribution in [-0.4, -0.2) is 44.7 Å². The minimum Gasteiger partial charge on any atom is -0.545 e. The molecule has 0 bridgehead atoms. The first-order valence-corrected chi connectivity index (χ1v) is 8.33. The summed E-state index contributed by atoms with van der Waals surface area (Å²) in [7, 11) is 4.46. The summed E-state index contributed by atoms with van der Waals surface area (Å²) in [5.74, 6) is -2.41. The van der Waals surface area contributed by atoms with Crippen LogP contribution in [-0.2, 0) is 19.1 Å². The number of carboxylic acid groups (broad SMARTS) is 2. The highest BCUT2D eigenvalue weighted by molar-refractivity contribution is 5.87. The molecule has 2 atom stereocenters. The van der Waals surface area contributed by atoms with Crippen LogP contribution < -0.4 is 15.1 Å². The molecule has 1 aliphatic carbocycles. The second kappa shape index (κ2) is 12.5. The fourth-order valence-electron chi connectivity index (χ4n) is 2.99. The zero-order valence-corrected chi connectivity index (χ0v) is 14.7. The summed E-state index contributed by atoms with van der Waals surface area (Å²) < 4.78 is 4.98. The molecule has 24 heavy (non-hydrogen) atoms. The van der Waals surface area contributed by atoms with E-state index in [4.69, 9.17) is 4.74 Å². The Kier molecular flexibility index (Phi) is 11.5. The Labute approximate surface area is 143 Å². The number of hydrogen-bond acceptors (Lipinski definition) is 6. The first-order valence-electron chi connectivity index (χ1n) is 8.33. The van der Waals surface area contributed by atoms with Gasteiger partial charge in [0.2, 0.25) is 0 Å². The van der Waals surface area contributed by atoms with Crippen molar-refractivity contribution in [1.82, 2.24) is 0 Å². The van der Waals surface area contributed by atoms with E-state index in [-0.39, 0.29) is 5.97 Å². The molecule has 0 spiro atoms. The standard InChI is InChI=1S/C13H25NO2.C4H4O4/c1-4-16-13(15)10-9-11-7-5-6-8-12(11)14(2)3;5-3(6)1-2-4(7)8/h11-12H,4-10H2,1-3H3;1-2H,(H,5,6)(H,7,8)/p-1/b;2-1-. The first-order chi connectivity index (χ1) is 11.3. The zero-order valence-electron chi connectivity index (χ0n) is 14.7. The van der Waals surface area contributed by atoms with E-state index in [0.29, 0.717) is 31.1 Å². The van der Waals surface area contributed by atoms with Crippen molar-refractivity contribution >= 4 is 17.9 Å². The van der Waals surface area contributed by atoms with E-state index in [1.165, 1.54) is 30.6 Å². The molecule has 1 saturated carbocycles. The molecule has 7 heteroatoms. The predicted octanol–water partition coefficient (Wildman–Crippen LogP) is -1.92. The summed E-state index contributed by atoms with van der Waals surface area (Å²) in [6.45, 7) is 2.37. The molecule has 7 nitrogen and oxygen atoms in total. The molecule has 0 aromatic carbocycles. The Balaban J connectivity index is 0.000000561. The second-order valence-electron chi connectivity index (χ2n) is 6.04. The highest BCUT2D eigenvalue weighted by Gasteiger charge is 2.29. The summed E-state index contributed by atoms with van der Waals surface area (Å²) >= 11 is 0. The quantitative estimate of drug-likeness (QED) is 0.426. The minimum absolute atomic E-state index is 0.0272. The van der Waals surface area contributed by atoms with Gasteiger partial charge < -0.3 is 29.4 Å². The molecule has 0 amide bonds. The highest BCUT2D eigenvalue weighted by Crippen LogP contribution is 2.26. The van der Waals surface area contributed by atoms with Crippen LogP contribution in [0.2, 0.25) is 0 Å². The van der Waals surface area contributed by atoms with Gasteiger partial charge in [-0.15, -0.1) is 0 Å². The smallest absolute Gasteiger partial charge is 0.305 e. The fourth-order valence-corrected chi connectivity index (χ4v) is 2.99. The van der Waals surface area contributed by atoms with Gasteiger partial charge in [-0.05, 0) is 44.8 Å². The summed E-state index contributed by atoms with van der Waals surface area (Å²) in [5, 5.41) is 18.8. The number of carboxylic acids is 2. The van der Waals surface area contributed by atoms with Crippen molar-refractivity contribution in [2.24, 2.45) is 5.92 Å². The molecule has 1 fully saturated rings. The minimum atomic E-state index is -1.55. The largest absolute Gasteiger partial charge is 0.545 e. The van der Waals surface area contributed by atoms with Crippen LogP contribution in [0.4, 0.5) is 0 Å². The van der Waals surface area contributed by atoms with Crippen molar-refractivity contribution in [1.29, 1.82) is 0 Å². The van der Waals surface area contributed by atoms with E-state index in [1.807, 2.05) is 6.92 Å². The zero-order chi connectivity index (χ0) is 18.5. The summed E-state index contributed by atoms with van der Waals surface area (Å²) in [5.41, 5.74) is 0. The van der Waals surface area contributed by atoms with Gasteiger partial charge in [-0.2, -0.15) is 0 Å². The Bertz CT molecular complexity index is 417. The number of aliphatic carboxylic acids is 2. The molecular weight excluding hydrogens is 314 g/mol. The molecule has 0 saturated heterocycles. The van der Waals surface area contributed by atoms with Crippen LogP contribution in [0.15, 0.2) is 12.2 Å². The number of esters is 1. The van der Waals surface area contributed by atoms with Crippen LogP contribution in [0.3, 0.4) is 0 Å². The van der Waals surface area contributed by atoms with Crippen LogP contribution in [0.1, 0.15) is 45.4 Å². The first kappa shape index (κ1) is 22.1. The predicted molar refractivity (Wildman–Crippen MR) is 83.6 cm³/mol. The molecule has 0 aromatic heterocycles. The molecule has 1 N–H and O–H groups in total. The lowest BCUT2D eigenvalue weighted by molar-refractivity contribution is -0.891. The lowest BCUT2D eigenvalue weighted by Crippen LogP contribution is -3.11. The van der Waals surface area contributed by atoms with Gasteiger partial charge in [0.15, 0.2) is 0 Å². The Hall–Kier alpha value is -1.89. The number of hydrogen-bond donors (Lipinski definition) is 1. The van der Waals surface area contributed by atoms with Crippen LogP contribution >= 0.6 is 0 Å². The SMILES string of the molecule is CCOC(=O)CCC1CCCCC1[NH+](C)C.O=C([O-])/C=C\C(=O)[O-]. The molecular formula is C17H28NO6-. The number of rotatable bonds is 7. The molecule has 0 radical (unpaired) electrons. The van der Waals surface area contributed by atoms with Crippen LogP contribution in [0.25, 0.3) is 0 Å². The number of quaternary nitrogens is 1. The number of carbonyl (C=O) groups excluding carboxylic acids is 3. The molecule has 1 aliphatic rings. The topological polar surface area (TPSA) is 111 Å². The maximum Gasteiger partial charge on any atom is 0.305 e. The van der Waals surface area contributed by atoms with Crippen molar-refractivity contribution in [3.63, 3.8) is 0 Å². The van der Waals surface area contributed by atoms with Crippen LogP contribution in [0.5, 0.6) is 0 Å². The Morgan fingerprint density at radius 2 is 1.62 bits per heavy atom. The summed E-state index contributed by atoms with van der Waals surface area (Å²) in [4.78, 5) is 31.7. The third-order valence-corrected chi connectivity index (χ3v) is 4.03. The molecule has 0 aliphatic heterocycles. The van der Waals surface area contributed by atoms with Gasteiger partial charge >= 0.3 is 5.97 Å². The van der Waals surface area contributed by atoms with Gasteiger partial charge in [-0.1, -0.05) is 6.42 Å².